The van der Waals surface area contributed by atoms with Crippen LogP contribution in [0.15, 0.2) is 60.7 Å². The molecule has 1 N–H and O–H groups in total. The van der Waals surface area contributed by atoms with E-state index in [2.05, 4.69) is 35.0 Å². The number of para-hydroxylation sites is 1. The Morgan fingerprint density at radius 1 is 0.981 bits per heavy atom. The Morgan fingerprint density at radius 3 is 2.51 bits per heavy atom. The summed E-state index contributed by atoms with van der Waals surface area (Å²) in [5, 5.41) is 8.06. The smallest absolute Gasteiger partial charge is 0.355 e. The first kappa shape index (κ1) is 38.8. The van der Waals surface area contributed by atoms with Crippen LogP contribution in [0.3, 0.4) is 0 Å². The zero-order valence-corrected chi connectivity index (χ0v) is 32.8. The first-order chi connectivity index (χ1) is 25.7. The number of carbonyl (C=O) groups is 1. The number of H-pyrrole nitrogens is 1. The highest BCUT2D eigenvalue weighted by molar-refractivity contribution is 7.89. The lowest BCUT2D eigenvalue weighted by Gasteiger charge is -2.29. The van der Waals surface area contributed by atoms with Crippen molar-refractivity contribution in [2.75, 3.05) is 51.0 Å². The number of aryl methyl sites for hydroxylation is 2. The SMILES string of the molecule is CCOC(=O)c1[nH]c2c(-c3c(CN(CCN4CCCCC4)S(=O)(=O)CCCCl)nn(C)c3CC)cccc2c1CCCOc1cccc2ccccc12. The Morgan fingerprint density at radius 2 is 1.74 bits per heavy atom. The van der Waals surface area contributed by atoms with Crippen LogP contribution in [-0.2, 0) is 41.2 Å². The lowest BCUT2D eigenvalue weighted by atomic mass is 9.97. The van der Waals surface area contributed by atoms with Crippen LogP contribution in [0.5, 0.6) is 5.75 Å². The van der Waals surface area contributed by atoms with E-state index >= 15 is 0 Å². The first-order valence-corrected chi connectivity index (χ1v) is 21.1. The van der Waals surface area contributed by atoms with Gasteiger partial charge in [0.1, 0.15) is 11.4 Å². The second kappa shape index (κ2) is 18.0. The standard InChI is InChI=1S/C41H52ClN5O5S/c1-4-36-38(35(44-45(36)3)29-47(53(49,50)28-14-22-42)26-25-46-23-9-6-10-24-46)34-19-12-18-32-33(40(43-39(32)34)41(48)51-5-2)20-13-27-52-37-21-11-16-30-15-7-8-17-31(30)37/h7-8,11-12,15-19,21,43H,4-6,9-10,13-14,20,22-29H2,1-3H3. The van der Waals surface area contributed by atoms with Crippen LogP contribution < -0.4 is 4.74 Å². The normalized spacial score (nSPS) is 14.1. The predicted octanol–water partition coefficient (Wildman–Crippen LogP) is 7.72. The molecule has 0 spiro atoms. The van der Waals surface area contributed by atoms with Gasteiger partial charge in [-0.2, -0.15) is 9.40 Å². The van der Waals surface area contributed by atoms with Gasteiger partial charge in [-0.1, -0.05) is 67.9 Å². The molecular weight excluding hydrogens is 710 g/mol. The van der Waals surface area contributed by atoms with Crippen molar-refractivity contribution in [3.63, 3.8) is 0 Å². The summed E-state index contributed by atoms with van der Waals surface area (Å²) < 4.78 is 42.9. The number of carbonyl (C=O) groups excluding carboxylic acids is 1. The van der Waals surface area contributed by atoms with Crippen molar-refractivity contribution >= 4 is 49.3 Å². The maximum absolute atomic E-state index is 13.8. The Balaban J connectivity index is 1.34. The molecule has 6 rings (SSSR count). The van der Waals surface area contributed by atoms with Gasteiger partial charge in [-0.25, -0.2) is 13.2 Å². The summed E-state index contributed by atoms with van der Waals surface area (Å²) in [6.45, 7) is 7.77. The molecule has 0 atom stereocenters. The summed E-state index contributed by atoms with van der Waals surface area (Å²) in [7, 11) is -1.70. The Kier molecular flexibility index (Phi) is 13.1. The molecule has 5 aromatic rings. The van der Waals surface area contributed by atoms with Gasteiger partial charge in [-0.15, -0.1) is 11.6 Å². The van der Waals surface area contributed by atoms with E-state index in [4.69, 9.17) is 26.2 Å². The molecule has 0 bridgehead atoms. The number of hydrogen-bond donors (Lipinski definition) is 1. The van der Waals surface area contributed by atoms with Crippen LogP contribution in [0, 0.1) is 0 Å². The molecule has 1 fully saturated rings. The van der Waals surface area contributed by atoms with E-state index in [1.807, 2.05) is 54.2 Å². The lowest BCUT2D eigenvalue weighted by molar-refractivity contribution is 0.0519. The molecule has 53 heavy (non-hydrogen) atoms. The van der Waals surface area contributed by atoms with E-state index in [0.29, 0.717) is 56.8 Å². The van der Waals surface area contributed by atoms with Crippen LogP contribution in [-0.4, -0.2) is 89.4 Å². The number of nitrogens with zero attached hydrogens (tertiary/aromatic N) is 4. The van der Waals surface area contributed by atoms with Crippen LogP contribution in [0.2, 0.25) is 0 Å². The maximum Gasteiger partial charge on any atom is 0.355 e. The van der Waals surface area contributed by atoms with Crippen molar-refractivity contribution in [2.24, 2.45) is 7.05 Å². The number of aromatic nitrogens is 3. The second-order valence-electron chi connectivity index (χ2n) is 13.7. The number of nitrogens with one attached hydrogen (secondary N) is 1. The number of benzene rings is 3. The minimum atomic E-state index is -3.61. The fraction of sp³-hybridized carbons (Fsp3) is 0.463. The zero-order chi connectivity index (χ0) is 37.4. The van der Waals surface area contributed by atoms with Crippen molar-refractivity contribution < 1.29 is 22.7 Å². The number of alkyl halides is 1. The third-order valence-electron chi connectivity index (χ3n) is 10.2. The van der Waals surface area contributed by atoms with Crippen LogP contribution >= 0.6 is 11.6 Å². The Labute approximate surface area is 318 Å². The fourth-order valence-corrected chi connectivity index (χ4v) is 9.34. The van der Waals surface area contributed by atoms with Crippen molar-refractivity contribution in [1.29, 1.82) is 0 Å². The van der Waals surface area contributed by atoms with Gasteiger partial charge in [0.15, 0.2) is 0 Å². The highest BCUT2D eigenvalue weighted by Crippen LogP contribution is 2.37. The largest absolute Gasteiger partial charge is 0.493 e. The molecule has 284 valence electrons. The summed E-state index contributed by atoms with van der Waals surface area (Å²) in [4.78, 5) is 19.3. The van der Waals surface area contributed by atoms with E-state index in [-0.39, 0.29) is 24.8 Å². The lowest BCUT2D eigenvalue weighted by Crippen LogP contribution is -2.41. The number of halogens is 1. The number of esters is 1. The number of fused-ring (bicyclic) bond motifs is 2. The number of piperidine rings is 1. The van der Waals surface area contributed by atoms with Gasteiger partial charge in [-0.05, 0) is 75.6 Å². The molecule has 3 heterocycles. The Bertz CT molecular complexity index is 2120. The average Bonchev–Trinajstić information content (AvgIpc) is 3.71. The monoisotopic (exact) mass is 761 g/mol. The van der Waals surface area contributed by atoms with Crippen molar-refractivity contribution in [2.45, 2.75) is 65.3 Å². The fourth-order valence-electron chi connectivity index (χ4n) is 7.60. The topological polar surface area (TPSA) is 110 Å². The second-order valence-corrected chi connectivity index (χ2v) is 16.2. The molecule has 0 radical (unpaired) electrons. The molecule has 1 aliphatic heterocycles. The number of sulfonamides is 1. The molecule has 2 aromatic heterocycles. The van der Waals surface area contributed by atoms with Gasteiger partial charge < -0.3 is 19.4 Å². The van der Waals surface area contributed by atoms with Crippen molar-refractivity contribution in [1.82, 2.24) is 24.0 Å². The van der Waals surface area contributed by atoms with E-state index < -0.39 is 16.0 Å². The molecule has 12 heteroatoms. The highest BCUT2D eigenvalue weighted by Gasteiger charge is 2.29. The van der Waals surface area contributed by atoms with Gasteiger partial charge >= 0.3 is 5.97 Å². The van der Waals surface area contributed by atoms with Crippen molar-refractivity contribution in [3.05, 3.63) is 83.3 Å². The molecule has 0 aliphatic carbocycles. The van der Waals surface area contributed by atoms with Crippen molar-refractivity contribution in [3.8, 4) is 16.9 Å². The summed E-state index contributed by atoms with van der Waals surface area (Å²) >= 11 is 5.97. The van der Waals surface area contributed by atoms with Crippen LogP contribution in [0.1, 0.15) is 73.4 Å². The zero-order valence-electron chi connectivity index (χ0n) is 31.2. The third kappa shape index (κ3) is 8.91. The van der Waals surface area contributed by atoms with Gasteiger partial charge in [-0.3, -0.25) is 4.68 Å². The minimum Gasteiger partial charge on any atom is -0.493 e. The Hall–Kier alpha value is -3.90. The summed E-state index contributed by atoms with van der Waals surface area (Å²) in [5.41, 5.74) is 5.53. The van der Waals surface area contributed by atoms with E-state index in [1.54, 1.807) is 11.2 Å². The van der Waals surface area contributed by atoms with E-state index in [0.717, 1.165) is 75.7 Å². The molecular formula is C41H52ClN5O5S. The van der Waals surface area contributed by atoms with Gasteiger partial charge in [0.2, 0.25) is 10.0 Å². The molecule has 10 nitrogen and oxygen atoms in total. The number of ether oxygens (including phenoxy) is 2. The molecule has 0 unspecified atom stereocenters. The first-order valence-electron chi connectivity index (χ1n) is 19.0. The van der Waals surface area contributed by atoms with E-state index in [9.17, 15) is 13.2 Å². The average molecular weight is 762 g/mol. The number of hydrogen-bond acceptors (Lipinski definition) is 7. The van der Waals surface area contributed by atoms with Gasteiger partial charge in [0, 0.05) is 53.6 Å². The molecule has 3 aromatic carbocycles. The van der Waals surface area contributed by atoms with Gasteiger partial charge in [0.25, 0.3) is 0 Å². The molecule has 0 amide bonds. The van der Waals surface area contributed by atoms with E-state index in [1.165, 1.54) is 6.42 Å². The number of rotatable bonds is 18. The number of aromatic amines is 1. The summed E-state index contributed by atoms with van der Waals surface area (Å²) in [6.07, 6.45) is 5.82. The summed E-state index contributed by atoms with van der Waals surface area (Å²) in [6, 6.07) is 20.3. The molecule has 0 saturated carbocycles. The van der Waals surface area contributed by atoms with Crippen LogP contribution in [0.4, 0.5) is 0 Å². The summed E-state index contributed by atoms with van der Waals surface area (Å²) in [5.74, 6) is 0.697. The molecule has 1 saturated heterocycles. The maximum atomic E-state index is 13.8. The predicted molar refractivity (Wildman–Crippen MR) is 213 cm³/mol. The van der Waals surface area contributed by atoms with Crippen LogP contribution in [0.25, 0.3) is 32.8 Å². The van der Waals surface area contributed by atoms with Gasteiger partial charge in [0.05, 0.1) is 36.7 Å². The quantitative estimate of drug-likeness (QED) is 0.0554. The number of likely N-dealkylation sites (tertiary alicyclic amines) is 1. The molecule has 1 aliphatic rings. The third-order valence-corrected chi connectivity index (χ3v) is 12.4. The minimum absolute atomic E-state index is 0.0119. The highest BCUT2D eigenvalue weighted by atomic mass is 35.5.